The molecular formula is C8H7FN2O. The summed E-state index contributed by atoms with van der Waals surface area (Å²) in [5, 5.41) is 3.09. The third kappa shape index (κ3) is 2.18. The fraction of sp³-hybridized carbons (Fsp3) is 0.125. The Labute approximate surface area is 68.9 Å². The average molecular weight is 166 g/mol. The number of isocyanates is 1. The van der Waals surface area contributed by atoms with Crippen LogP contribution in [-0.2, 0) is 11.3 Å². The van der Waals surface area contributed by atoms with Crippen LogP contribution in [0.5, 0.6) is 0 Å². The predicted molar refractivity (Wildman–Crippen MR) is 41.4 cm³/mol. The first-order chi connectivity index (χ1) is 5.84. The normalized spacial score (nSPS) is 8.75. The topological polar surface area (TPSA) is 41.5 Å². The highest BCUT2D eigenvalue weighted by atomic mass is 19.1. The van der Waals surface area contributed by atoms with E-state index in [4.69, 9.17) is 0 Å². The molecule has 0 atom stereocenters. The van der Waals surface area contributed by atoms with Gasteiger partial charge in [-0.25, -0.2) is 9.18 Å². The zero-order chi connectivity index (χ0) is 8.81. The first kappa shape index (κ1) is 8.43. The van der Waals surface area contributed by atoms with Gasteiger partial charge in [-0.15, -0.1) is 0 Å². The fourth-order valence-electron chi connectivity index (χ4n) is 0.799. The molecule has 0 spiro atoms. The molecule has 1 aromatic carbocycles. The summed E-state index contributed by atoms with van der Waals surface area (Å²) in [5.41, 5.74) is 2.82. The molecule has 3 nitrogen and oxygen atoms in total. The molecule has 62 valence electrons. The van der Waals surface area contributed by atoms with E-state index in [1.54, 1.807) is 18.2 Å². The van der Waals surface area contributed by atoms with Gasteiger partial charge in [0.1, 0.15) is 5.82 Å². The molecule has 0 radical (unpaired) electrons. The Hall–Kier alpha value is -1.67. The second-order valence-electron chi connectivity index (χ2n) is 2.13. The Morgan fingerprint density at radius 1 is 1.50 bits per heavy atom. The Morgan fingerprint density at radius 2 is 2.25 bits per heavy atom. The summed E-state index contributed by atoms with van der Waals surface area (Å²) in [6, 6.07) is 6.27. The number of nitrogens with zero attached hydrogens (tertiary/aromatic N) is 1. The van der Waals surface area contributed by atoms with Crippen molar-refractivity contribution in [2.24, 2.45) is 5.10 Å². The number of benzene rings is 1. The Morgan fingerprint density at radius 3 is 2.92 bits per heavy atom. The third-order valence-electron chi connectivity index (χ3n) is 1.35. The molecule has 0 aliphatic rings. The number of hydrazone groups is 1. The number of rotatable bonds is 3. The molecule has 0 unspecified atom stereocenters. The standard InChI is InChI=1S/C8H7FN2O/c9-8-4-2-1-3-7(8)5-10-11-6-12/h1-4,10H,5H2. The van der Waals surface area contributed by atoms with E-state index in [-0.39, 0.29) is 12.4 Å². The van der Waals surface area contributed by atoms with Gasteiger partial charge in [0.25, 0.3) is 6.08 Å². The number of hydrogen-bond acceptors (Lipinski definition) is 3. The number of nitrogens with one attached hydrogen (secondary N) is 1. The molecule has 1 rings (SSSR count). The summed E-state index contributed by atoms with van der Waals surface area (Å²) in [6.07, 6.45) is 1.30. The molecule has 0 fully saturated rings. The fourth-order valence-corrected chi connectivity index (χ4v) is 0.799. The molecule has 0 aliphatic heterocycles. The van der Waals surface area contributed by atoms with Crippen molar-refractivity contribution >= 4 is 6.08 Å². The lowest BCUT2D eigenvalue weighted by atomic mass is 10.2. The highest BCUT2D eigenvalue weighted by Crippen LogP contribution is 2.04. The van der Waals surface area contributed by atoms with Crippen LogP contribution in [-0.4, -0.2) is 6.08 Å². The first-order valence-corrected chi connectivity index (χ1v) is 3.37. The lowest BCUT2D eigenvalue weighted by molar-refractivity contribution is 0.553. The number of hydrogen-bond donors (Lipinski definition) is 1. The quantitative estimate of drug-likeness (QED) is 0.416. The van der Waals surface area contributed by atoms with E-state index in [1.165, 1.54) is 12.1 Å². The van der Waals surface area contributed by atoms with Crippen molar-refractivity contribution < 1.29 is 9.18 Å². The Bertz CT molecular complexity index is 308. The minimum absolute atomic E-state index is 0.196. The van der Waals surface area contributed by atoms with E-state index in [0.29, 0.717) is 5.56 Å². The van der Waals surface area contributed by atoms with Gasteiger partial charge < -0.3 is 0 Å². The van der Waals surface area contributed by atoms with Gasteiger partial charge in [-0.2, -0.15) is 0 Å². The van der Waals surface area contributed by atoms with Crippen molar-refractivity contribution in [2.45, 2.75) is 6.54 Å². The van der Waals surface area contributed by atoms with Crippen LogP contribution in [0.4, 0.5) is 4.39 Å². The highest BCUT2D eigenvalue weighted by molar-refractivity contribution is 5.32. The Kier molecular flexibility index (Phi) is 2.99. The zero-order valence-corrected chi connectivity index (χ0v) is 6.25. The van der Waals surface area contributed by atoms with E-state index in [9.17, 15) is 9.18 Å². The maximum Gasteiger partial charge on any atom is 0.258 e. The smallest absolute Gasteiger partial charge is 0.258 e. The predicted octanol–water partition coefficient (Wildman–Crippen LogP) is 1.17. The van der Waals surface area contributed by atoms with Gasteiger partial charge >= 0.3 is 0 Å². The van der Waals surface area contributed by atoms with Crippen LogP contribution in [0.25, 0.3) is 0 Å². The summed E-state index contributed by atoms with van der Waals surface area (Å²) in [4.78, 5) is 9.63. The van der Waals surface area contributed by atoms with Crippen molar-refractivity contribution in [2.75, 3.05) is 0 Å². The molecule has 1 aromatic rings. The highest BCUT2D eigenvalue weighted by Gasteiger charge is 1.97. The van der Waals surface area contributed by atoms with Crippen LogP contribution in [0.15, 0.2) is 29.4 Å². The van der Waals surface area contributed by atoms with E-state index < -0.39 is 0 Å². The SMILES string of the molecule is O=C=NNCc1ccccc1F. The van der Waals surface area contributed by atoms with E-state index in [0.717, 1.165) is 0 Å². The molecule has 1 N–H and O–H groups in total. The maximum atomic E-state index is 12.8. The largest absolute Gasteiger partial charge is 0.295 e. The molecule has 4 heteroatoms. The minimum atomic E-state index is -0.314. The zero-order valence-electron chi connectivity index (χ0n) is 6.25. The summed E-state index contributed by atoms with van der Waals surface area (Å²) in [5.74, 6) is -0.314. The molecule has 0 bridgehead atoms. The second-order valence-corrected chi connectivity index (χ2v) is 2.13. The second kappa shape index (κ2) is 4.26. The van der Waals surface area contributed by atoms with E-state index >= 15 is 0 Å². The number of carbonyl (C=O) groups excluding carboxylic acids is 1. The molecule has 0 amide bonds. The van der Waals surface area contributed by atoms with Crippen molar-refractivity contribution in [1.29, 1.82) is 0 Å². The maximum absolute atomic E-state index is 12.8. The third-order valence-corrected chi connectivity index (χ3v) is 1.35. The van der Waals surface area contributed by atoms with E-state index in [2.05, 4.69) is 10.5 Å². The average Bonchev–Trinajstić information content (AvgIpc) is 2.09. The van der Waals surface area contributed by atoms with Crippen molar-refractivity contribution in [1.82, 2.24) is 5.43 Å². The summed E-state index contributed by atoms with van der Waals surface area (Å²) in [6.45, 7) is 0.196. The van der Waals surface area contributed by atoms with Gasteiger partial charge in [-0.05, 0) is 6.07 Å². The molecular weight excluding hydrogens is 159 g/mol. The summed E-state index contributed by atoms with van der Waals surface area (Å²) >= 11 is 0. The molecule has 0 aromatic heterocycles. The van der Waals surface area contributed by atoms with Crippen molar-refractivity contribution in [3.05, 3.63) is 35.6 Å². The monoisotopic (exact) mass is 166 g/mol. The Balaban J connectivity index is 2.62. The molecule has 12 heavy (non-hydrogen) atoms. The van der Waals surface area contributed by atoms with Gasteiger partial charge in [0, 0.05) is 5.56 Å². The van der Waals surface area contributed by atoms with E-state index in [1.807, 2.05) is 0 Å². The van der Waals surface area contributed by atoms with Gasteiger partial charge in [0.15, 0.2) is 0 Å². The van der Waals surface area contributed by atoms with Gasteiger partial charge in [-0.1, -0.05) is 23.3 Å². The van der Waals surface area contributed by atoms with Crippen LogP contribution in [0.3, 0.4) is 0 Å². The van der Waals surface area contributed by atoms with Gasteiger partial charge in [-0.3, -0.25) is 5.43 Å². The lowest BCUT2D eigenvalue weighted by Gasteiger charge is -1.99. The van der Waals surface area contributed by atoms with Crippen LogP contribution < -0.4 is 5.43 Å². The van der Waals surface area contributed by atoms with Gasteiger partial charge in [0.05, 0.1) is 6.54 Å². The summed E-state index contributed by atoms with van der Waals surface area (Å²) in [7, 11) is 0. The minimum Gasteiger partial charge on any atom is -0.295 e. The lowest BCUT2D eigenvalue weighted by Crippen LogP contribution is -2.05. The van der Waals surface area contributed by atoms with Crippen LogP contribution >= 0.6 is 0 Å². The summed E-state index contributed by atoms with van der Waals surface area (Å²) < 4.78 is 12.8. The molecule has 0 aliphatic carbocycles. The molecule has 0 saturated heterocycles. The van der Waals surface area contributed by atoms with Crippen molar-refractivity contribution in [3.63, 3.8) is 0 Å². The van der Waals surface area contributed by atoms with Crippen LogP contribution in [0.1, 0.15) is 5.56 Å². The van der Waals surface area contributed by atoms with Crippen molar-refractivity contribution in [3.8, 4) is 0 Å². The van der Waals surface area contributed by atoms with Gasteiger partial charge in [0.2, 0.25) is 0 Å². The van der Waals surface area contributed by atoms with Crippen LogP contribution in [0.2, 0.25) is 0 Å². The van der Waals surface area contributed by atoms with Crippen LogP contribution in [0, 0.1) is 5.82 Å². The number of halogens is 1. The first-order valence-electron chi connectivity index (χ1n) is 3.37. The molecule has 0 heterocycles. The molecule has 0 saturated carbocycles.